The molecule has 1 N–H and O–H groups in total. The minimum absolute atomic E-state index is 0.183. The molecule has 0 aromatic heterocycles. The summed E-state index contributed by atoms with van der Waals surface area (Å²) in [6.45, 7) is 0. The Balaban J connectivity index is 2.16. The molecular weight excluding hydrogens is 372 g/mol. The summed E-state index contributed by atoms with van der Waals surface area (Å²) in [5.74, 6) is -0.183. The lowest BCUT2D eigenvalue weighted by molar-refractivity contribution is -0.110. The van der Waals surface area contributed by atoms with Crippen molar-refractivity contribution in [2.24, 2.45) is 4.99 Å². The van der Waals surface area contributed by atoms with Gasteiger partial charge >= 0.3 is 0 Å². The van der Waals surface area contributed by atoms with E-state index in [-0.39, 0.29) is 5.91 Å². The van der Waals surface area contributed by atoms with Crippen LogP contribution in [0.4, 0.5) is 11.4 Å². The highest BCUT2D eigenvalue weighted by atomic mass is 79.9. The number of carbonyl (C=O) groups is 1. The zero-order valence-electron chi connectivity index (χ0n) is 9.65. The first-order valence-electron chi connectivity index (χ1n) is 5.59. The van der Waals surface area contributed by atoms with Crippen LogP contribution < -0.4 is 5.32 Å². The van der Waals surface area contributed by atoms with E-state index in [0.717, 1.165) is 25.9 Å². The largest absolute Gasteiger partial charge is 0.319 e. The predicted molar refractivity (Wildman–Crippen MR) is 83.1 cm³/mol. The normalized spacial score (nSPS) is 15.5. The van der Waals surface area contributed by atoms with E-state index < -0.39 is 0 Å². The van der Waals surface area contributed by atoms with Crippen LogP contribution in [0, 0.1) is 0 Å². The monoisotopic (exact) mass is 378 g/mol. The van der Waals surface area contributed by atoms with E-state index in [0.29, 0.717) is 5.71 Å². The Labute approximate surface area is 127 Å². The molecule has 0 bridgehead atoms. The van der Waals surface area contributed by atoms with Gasteiger partial charge in [-0.3, -0.25) is 4.79 Å². The number of benzene rings is 2. The maximum Gasteiger partial charge on any atom is 0.275 e. The van der Waals surface area contributed by atoms with Crippen molar-refractivity contribution in [3.8, 4) is 0 Å². The second-order valence-corrected chi connectivity index (χ2v) is 5.83. The summed E-state index contributed by atoms with van der Waals surface area (Å²) in [5, 5.41) is 2.83. The maximum absolute atomic E-state index is 12.0. The van der Waals surface area contributed by atoms with Crippen LogP contribution in [0.15, 0.2) is 56.4 Å². The second kappa shape index (κ2) is 4.90. The van der Waals surface area contributed by atoms with Gasteiger partial charge in [0.2, 0.25) is 0 Å². The quantitative estimate of drug-likeness (QED) is 0.789. The zero-order valence-corrected chi connectivity index (χ0v) is 12.8. The Morgan fingerprint density at radius 1 is 1.05 bits per heavy atom. The van der Waals surface area contributed by atoms with Crippen LogP contribution in [-0.2, 0) is 4.79 Å². The van der Waals surface area contributed by atoms with Crippen molar-refractivity contribution in [3.63, 3.8) is 0 Å². The Morgan fingerprint density at radius 2 is 1.79 bits per heavy atom. The third kappa shape index (κ3) is 2.35. The van der Waals surface area contributed by atoms with E-state index in [4.69, 9.17) is 0 Å². The van der Waals surface area contributed by atoms with Crippen molar-refractivity contribution in [2.45, 2.75) is 0 Å². The average Bonchev–Trinajstić information content (AvgIpc) is 2.69. The highest BCUT2D eigenvalue weighted by Gasteiger charge is 2.28. The standard InChI is InChI=1S/C14H8Br2N2O/c15-8-6-10-12(11(16)7-8)18-14(19)13(10)17-9-4-2-1-3-5-9/h1-7H,(H,17,18,19). The van der Waals surface area contributed by atoms with E-state index in [9.17, 15) is 4.79 Å². The smallest absolute Gasteiger partial charge is 0.275 e. The number of anilines is 1. The fourth-order valence-corrected chi connectivity index (χ4v) is 3.25. The molecule has 0 spiro atoms. The van der Waals surface area contributed by atoms with Gasteiger partial charge in [0.15, 0.2) is 0 Å². The molecule has 2 aromatic carbocycles. The number of amides is 1. The molecule has 5 heteroatoms. The second-order valence-electron chi connectivity index (χ2n) is 4.06. The number of nitrogens with zero attached hydrogens (tertiary/aromatic N) is 1. The van der Waals surface area contributed by atoms with E-state index in [2.05, 4.69) is 42.2 Å². The van der Waals surface area contributed by atoms with Crippen molar-refractivity contribution < 1.29 is 4.79 Å². The molecule has 3 nitrogen and oxygen atoms in total. The molecule has 1 heterocycles. The van der Waals surface area contributed by atoms with Gasteiger partial charge in [-0.15, -0.1) is 0 Å². The van der Waals surface area contributed by atoms with Gasteiger partial charge in [-0.1, -0.05) is 34.1 Å². The number of rotatable bonds is 1. The Bertz CT molecular complexity index is 696. The molecule has 19 heavy (non-hydrogen) atoms. The summed E-state index contributed by atoms with van der Waals surface area (Å²) < 4.78 is 1.74. The topological polar surface area (TPSA) is 41.5 Å². The number of hydrogen-bond donors (Lipinski definition) is 1. The molecule has 94 valence electrons. The summed E-state index contributed by atoms with van der Waals surface area (Å²) in [4.78, 5) is 16.4. The minimum Gasteiger partial charge on any atom is -0.319 e. The van der Waals surface area contributed by atoms with Gasteiger partial charge in [0.1, 0.15) is 5.71 Å². The molecule has 2 aromatic rings. The number of carbonyl (C=O) groups excluding carboxylic acids is 1. The molecule has 3 rings (SSSR count). The number of halogens is 2. The lowest BCUT2D eigenvalue weighted by atomic mass is 10.1. The summed E-state index contributed by atoms with van der Waals surface area (Å²) in [5.41, 5.74) is 2.76. The molecule has 0 radical (unpaired) electrons. The van der Waals surface area contributed by atoms with Crippen molar-refractivity contribution in [2.75, 3.05) is 5.32 Å². The van der Waals surface area contributed by atoms with Crippen molar-refractivity contribution in [1.29, 1.82) is 0 Å². The molecule has 0 fully saturated rings. The number of nitrogens with one attached hydrogen (secondary N) is 1. The first kappa shape index (κ1) is 12.6. The summed E-state index contributed by atoms with van der Waals surface area (Å²) in [7, 11) is 0. The summed E-state index contributed by atoms with van der Waals surface area (Å²) >= 11 is 6.86. The van der Waals surface area contributed by atoms with Crippen molar-refractivity contribution in [3.05, 3.63) is 57.0 Å². The Hall–Kier alpha value is -1.46. The van der Waals surface area contributed by atoms with Gasteiger partial charge in [-0.25, -0.2) is 4.99 Å². The fourth-order valence-electron chi connectivity index (χ4n) is 1.93. The van der Waals surface area contributed by atoms with E-state index in [1.807, 2.05) is 42.5 Å². The molecule has 0 atom stereocenters. The van der Waals surface area contributed by atoms with E-state index in [1.54, 1.807) is 0 Å². The van der Waals surface area contributed by atoms with Crippen LogP contribution in [0.1, 0.15) is 5.56 Å². The first-order valence-corrected chi connectivity index (χ1v) is 7.18. The predicted octanol–water partition coefficient (Wildman–Crippen LogP) is 4.28. The highest BCUT2D eigenvalue weighted by molar-refractivity contribution is 9.11. The zero-order chi connectivity index (χ0) is 13.4. The van der Waals surface area contributed by atoms with Gasteiger partial charge in [0.25, 0.3) is 5.91 Å². The molecule has 0 saturated carbocycles. The van der Waals surface area contributed by atoms with Gasteiger partial charge in [-0.2, -0.15) is 0 Å². The lowest BCUT2D eigenvalue weighted by Gasteiger charge is -2.02. The lowest BCUT2D eigenvalue weighted by Crippen LogP contribution is -2.13. The summed E-state index contributed by atoms with van der Waals surface area (Å²) in [6.07, 6.45) is 0. The Kier molecular flexibility index (Phi) is 3.24. The van der Waals surface area contributed by atoms with Crippen LogP contribution in [0.3, 0.4) is 0 Å². The number of aliphatic imine (C=N–C) groups is 1. The molecular formula is C14H8Br2N2O. The first-order chi connectivity index (χ1) is 9.15. The molecule has 1 amide bonds. The third-order valence-electron chi connectivity index (χ3n) is 2.76. The van der Waals surface area contributed by atoms with Gasteiger partial charge in [0, 0.05) is 14.5 Å². The van der Waals surface area contributed by atoms with Crippen LogP contribution in [0.25, 0.3) is 0 Å². The highest BCUT2D eigenvalue weighted by Crippen LogP contribution is 2.35. The van der Waals surface area contributed by atoms with Crippen molar-refractivity contribution in [1.82, 2.24) is 0 Å². The Morgan fingerprint density at radius 3 is 2.53 bits per heavy atom. The summed E-state index contributed by atoms with van der Waals surface area (Å²) in [6, 6.07) is 13.2. The maximum atomic E-state index is 12.0. The molecule has 0 unspecified atom stereocenters. The SMILES string of the molecule is O=C1Nc2c(Br)cc(Br)cc2/C1=N/c1ccccc1. The number of para-hydroxylation sites is 1. The van der Waals surface area contributed by atoms with Gasteiger partial charge in [0.05, 0.1) is 11.4 Å². The average molecular weight is 380 g/mol. The van der Waals surface area contributed by atoms with Crippen LogP contribution in [0.2, 0.25) is 0 Å². The van der Waals surface area contributed by atoms with Gasteiger partial charge < -0.3 is 5.32 Å². The minimum atomic E-state index is -0.183. The van der Waals surface area contributed by atoms with E-state index >= 15 is 0 Å². The fraction of sp³-hybridized carbons (Fsp3) is 0. The van der Waals surface area contributed by atoms with Gasteiger partial charge in [-0.05, 0) is 40.2 Å². The number of fused-ring (bicyclic) bond motifs is 1. The molecule has 1 aliphatic rings. The number of hydrogen-bond acceptors (Lipinski definition) is 2. The third-order valence-corrected chi connectivity index (χ3v) is 3.84. The van der Waals surface area contributed by atoms with Crippen molar-refractivity contribution >= 4 is 54.9 Å². The van der Waals surface area contributed by atoms with Crippen LogP contribution in [0.5, 0.6) is 0 Å². The van der Waals surface area contributed by atoms with E-state index in [1.165, 1.54) is 0 Å². The van der Waals surface area contributed by atoms with Crippen LogP contribution >= 0.6 is 31.9 Å². The molecule has 0 saturated heterocycles. The molecule has 0 aliphatic carbocycles. The van der Waals surface area contributed by atoms with Crippen LogP contribution in [-0.4, -0.2) is 11.6 Å². The molecule has 1 aliphatic heterocycles.